The van der Waals surface area contributed by atoms with Crippen molar-refractivity contribution < 1.29 is 4.52 Å². The van der Waals surface area contributed by atoms with Gasteiger partial charge in [0.2, 0.25) is 5.89 Å². The van der Waals surface area contributed by atoms with Gasteiger partial charge in [0, 0.05) is 5.92 Å². The van der Waals surface area contributed by atoms with Crippen molar-refractivity contribution in [1.29, 1.82) is 0 Å². The molecule has 4 heteroatoms. The highest BCUT2D eigenvalue weighted by Gasteiger charge is 2.36. The molecule has 2 heterocycles. The van der Waals surface area contributed by atoms with Crippen molar-refractivity contribution >= 4 is 0 Å². The van der Waals surface area contributed by atoms with Gasteiger partial charge in [-0.3, -0.25) is 0 Å². The van der Waals surface area contributed by atoms with E-state index in [2.05, 4.69) is 22.4 Å². The Hall–Kier alpha value is -0.900. The fourth-order valence-electron chi connectivity index (χ4n) is 3.06. The second-order valence-corrected chi connectivity index (χ2v) is 5.66. The van der Waals surface area contributed by atoms with Crippen molar-refractivity contribution in [3.63, 3.8) is 0 Å². The quantitative estimate of drug-likeness (QED) is 0.856. The Kier molecular flexibility index (Phi) is 2.90. The number of hydrogen-bond acceptors (Lipinski definition) is 4. The van der Waals surface area contributed by atoms with Gasteiger partial charge < -0.3 is 9.84 Å². The molecule has 2 aliphatic rings. The first-order chi connectivity index (χ1) is 8.28. The maximum Gasteiger partial charge on any atom is 0.246 e. The van der Waals surface area contributed by atoms with Crippen LogP contribution >= 0.6 is 0 Å². The zero-order valence-electron chi connectivity index (χ0n) is 10.5. The molecule has 1 atom stereocenters. The summed E-state index contributed by atoms with van der Waals surface area (Å²) in [6.07, 6.45) is 8.72. The number of hydrogen-bond donors (Lipinski definition) is 1. The van der Waals surface area contributed by atoms with Gasteiger partial charge >= 0.3 is 0 Å². The average molecular weight is 235 g/mol. The first-order valence-corrected chi connectivity index (χ1v) is 6.87. The highest BCUT2D eigenvalue weighted by atomic mass is 16.5. The lowest BCUT2D eigenvalue weighted by atomic mass is 9.89. The average Bonchev–Trinajstić information content (AvgIpc) is 2.99. The number of nitrogens with zero attached hydrogens (tertiary/aromatic N) is 2. The molecule has 1 saturated heterocycles. The largest absolute Gasteiger partial charge is 0.337 e. The highest BCUT2D eigenvalue weighted by molar-refractivity contribution is 5.06. The number of aromatic nitrogens is 2. The summed E-state index contributed by atoms with van der Waals surface area (Å²) in [6, 6.07) is 0. The Labute approximate surface area is 102 Å². The minimum atomic E-state index is -0.0834. The third-order valence-electron chi connectivity index (χ3n) is 4.25. The zero-order valence-corrected chi connectivity index (χ0v) is 10.5. The van der Waals surface area contributed by atoms with E-state index in [4.69, 9.17) is 4.52 Å². The molecular formula is C13H21N3O. The van der Waals surface area contributed by atoms with E-state index in [9.17, 15) is 0 Å². The Morgan fingerprint density at radius 2 is 2.06 bits per heavy atom. The van der Waals surface area contributed by atoms with Gasteiger partial charge in [0.25, 0.3) is 0 Å². The van der Waals surface area contributed by atoms with Crippen LogP contribution in [0, 0.1) is 0 Å². The topological polar surface area (TPSA) is 51.0 Å². The van der Waals surface area contributed by atoms with E-state index >= 15 is 0 Å². The molecule has 4 nitrogen and oxygen atoms in total. The van der Waals surface area contributed by atoms with E-state index in [1.807, 2.05) is 0 Å². The minimum Gasteiger partial charge on any atom is -0.337 e. The van der Waals surface area contributed by atoms with Crippen molar-refractivity contribution in [3.8, 4) is 0 Å². The van der Waals surface area contributed by atoms with E-state index in [1.54, 1.807) is 0 Å². The molecule has 0 spiro atoms. The van der Waals surface area contributed by atoms with Gasteiger partial charge in [0.05, 0.1) is 5.54 Å². The molecule has 0 bridgehead atoms. The molecule has 1 aliphatic heterocycles. The highest BCUT2D eigenvalue weighted by Crippen LogP contribution is 2.34. The predicted molar refractivity (Wildman–Crippen MR) is 64.7 cm³/mol. The standard InChI is InChI=1S/C13H21N3O/c1-13(8-5-9-14-13)12-15-11(16-17-12)10-6-3-2-4-7-10/h10,14H,2-9H2,1H3. The monoisotopic (exact) mass is 235 g/mol. The smallest absolute Gasteiger partial charge is 0.246 e. The van der Waals surface area contributed by atoms with Gasteiger partial charge in [-0.1, -0.05) is 24.4 Å². The van der Waals surface area contributed by atoms with Crippen LogP contribution in [0.1, 0.15) is 69.5 Å². The van der Waals surface area contributed by atoms with E-state index in [0.717, 1.165) is 24.7 Å². The molecule has 0 radical (unpaired) electrons. The molecule has 17 heavy (non-hydrogen) atoms. The molecule has 0 aromatic carbocycles. The second-order valence-electron chi connectivity index (χ2n) is 5.66. The van der Waals surface area contributed by atoms with Crippen molar-refractivity contribution in [1.82, 2.24) is 15.5 Å². The summed E-state index contributed by atoms with van der Waals surface area (Å²) >= 11 is 0. The summed E-state index contributed by atoms with van der Waals surface area (Å²) in [4.78, 5) is 4.65. The molecule has 2 fully saturated rings. The Morgan fingerprint density at radius 3 is 2.76 bits per heavy atom. The molecule has 1 unspecified atom stereocenters. The summed E-state index contributed by atoms with van der Waals surface area (Å²) in [5.74, 6) is 2.26. The van der Waals surface area contributed by atoms with Crippen LogP contribution < -0.4 is 5.32 Å². The molecule has 0 amide bonds. The fourth-order valence-corrected chi connectivity index (χ4v) is 3.06. The van der Waals surface area contributed by atoms with Gasteiger partial charge in [-0.25, -0.2) is 0 Å². The number of rotatable bonds is 2. The lowest BCUT2D eigenvalue weighted by Gasteiger charge is -2.19. The third kappa shape index (κ3) is 2.10. The molecule has 3 rings (SSSR count). The first-order valence-electron chi connectivity index (χ1n) is 6.87. The fraction of sp³-hybridized carbons (Fsp3) is 0.846. The summed E-state index contributed by atoms with van der Waals surface area (Å²) < 4.78 is 5.48. The van der Waals surface area contributed by atoms with E-state index in [1.165, 1.54) is 38.5 Å². The Bertz CT molecular complexity index is 376. The normalized spacial score (nSPS) is 30.9. The van der Waals surface area contributed by atoms with Gasteiger partial charge in [0.15, 0.2) is 5.82 Å². The van der Waals surface area contributed by atoms with Crippen LogP contribution in [-0.4, -0.2) is 16.7 Å². The van der Waals surface area contributed by atoms with Crippen molar-refractivity contribution in [2.24, 2.45) is 0 Å². The van der Waals surface area contributed by atoms with Crippen LogP contribution in [0.5, 0.6) is 0 Å². The molecular weight excluding hydrogens is 214 g/mol. The summed E-state index contributed by atoms with van der Waals surface area (Å²) in [7, 11) is 0. The second kappa shape index (κ2) is 4.41. The van der Waals surface area contributed by atoms with Crippen molar-refractivity contribution in [2.75, 3.05) is 6.54 Å². The first kappa shape index (κ1) is 11.2. The van der Waals surface area contributed by atoms with Crippen LogP contribution in [-0.2, 0) is 5.54 Å². The van der Waals surface area contributed by atoms with Crippen LogP contribution in [0.2, 0.25) is 0 Å². The van der Waals surface area contributed by atoms with E-state index in [0.29, 0.717) is 5.92 Å². The van der Waals surface area contributed by atoms with Crippen LogP contribution in [0.4, 0.5) is 0 Å². The van der Waals surface area contributed by atoms with Gasteiger partial charge in [0.1, 0.15) is 0 Å². The maximum absolute atomic E-state index is 5.48. The lowest BCUT2D eigenvalue weighted by molar-refractivity contribution is 0.272. The van der Waals surface area contributed by atoms with E-state index in [-0.39, 0.29) is 5.54 Å². The lowest BCUT2D eigenvalue weighted by Crippen LogP contribution is -2.33. The van der Waals surface area contributed by atoms with Crippen LogP contribution in [0.3, 0.4) is 0 Å². The number of nitrogens with one attached hydrogen (secondary N) is 1. The van der Waals surface area contributed by atoms with Crippen molar-refractivity contribution in [3.05, 3.63) is 11.7 Å². The maximum atomic E-state index is 5.48. The SMILES string of the molecule is CC1(c2nc(C3CCCCC3)no2)CCCN1. The minimum absolute atomic E-state index is 0.0834. The molecule has 1 aromatic heterocycles. The van der Waals surface area contributed by atoms with Crippen LogP contribution in [0.15, 0.2) is 4.52 Å². The molecule has 1 saturated carbocycles. The van der Waals surface area contributed by atoms with E-state index < -0.39 is 0 Å². The predicted octanol–water partition coefficient (Wildman–Crippen LogP) is 2.72. The van der Waals surface area contributed by atoms with Gasteiger partial charge in [-0.15, -0.1) is 0 Å². The van der Waals surface area contributed by atoms with Gasteiger partial charge in [-0.2, -0.15) is 4.98 Å². The summed E-state index contributed by atoms with van der Waals surface area (Å²) in [5.41, 5.74) is -0.0834. The zero-order chi connectivity index (χ0) is 11.7. The van der Waals surface area contributed by atoms with Crippen molar-refractivity contribution in [2.45, 2.75) is 63.3 Å². The molecule has 1 aliphatic carbocycles. The molecule has 94 valence electrons. The Morgan fingerprint density at radius 1 is 1.24 bits per heavy atom. The van der Waals surface area contributed by atoms with Crippen LogP contribution in [0.25, 0.3) is 0 Å². The van der Waals surface area contributed by atoms with Gasteiger partial charge in [-0.05, 0) is 39.2 Å². The Balaban J connectivity index is 1.77. The summed E-state index contributed by atoms with van der Waals surface area (Å²) in [6.45, 7) is 3.22. The summed E-state index contributed by atoms with van der Waals surface area (Å²) in [5, 5.41) is 7.67. The third-order valence-corrected chi connectivity index (χ3v) is 4.25. The molecule has 1 N–H and O–H groups in total. The molecule has 1 aromatic rings.